The van der Waals surface area contributed by atoms with E-state index in [1.807, 2.05) is 36.4 Å². The van der Waals surface area contributed by atoms with Crippen molar-refractivity contribution in [1.29, 1.82) is 0 Å². The van der Waals surface area contributed by atoms with Gasteiger partial charge in [0, 0.05) is 15.7 Å². The molecule has 0 aliphatic rings. The first-order chi connectivity index (χ1) is 9.15. The molecule has 1 nitrogen and oxygen atoms in total. The summed E-state index contributed by atoms with van der Waals surface area (Å²) in [6.45, 7) is 1.81. The second-order valence-electron chi connectivity index (χ2n) is 4.58. The van der Waals surface area contributed by atoms with E-state index in [1.165, 1.54) is 5.56 Å². The van der Waals surface area contributed by atoms with Crippen LogP contribution in [0.1, 0.15) is 18.1 Å². The zero-order valence-corrected chi connectivity index (χ0v) is 12.4. The van der Waals surface area contributed by atoms with E-state index in [1.54, 1.807) is 18.7 Å². The average Bonchev–Trinajstić information content (AvgIpc) is 2.40. The number of rotatable bonds is 5. The lowest BCUT2D eigenvalue weighted by atomic mass is 10.1. The standard InChI is InChI=1S/C16H17ClOS/c1-12(18)9-14-7-8-15(17)10-16(14)19-11-13-5-3-2-4-6-13/h2-8,10,12,18H,9,11H2,1H3. The molecule has 19 heavy (non-hydrogen) atoms. The lowest BCUT2D eigenvalue weighted by molar-refractivity contribution is 0.195. The van der Waals surface area contributed by atoms with E-state index in [4.69, 9.17) is 11.6 Å². The summed E-state index contributed by atoms with van der Waals surface area (Å²) in [5.74, 6) is 0.911. The molecule has 0 bridgehead atoms. The number of benzene rings is 2. The minimum atomic E-state index is -0.336. The van der Waals surface area contributed by atoms with Gasteiger partial charge in [-0.05, 0) is 36.6 Å². The van der Waals surface area contributed by atoms with Crippen molar-refractivity contribution in [2.24, 2.45) is 0 Å². The van der Waals surface area contributed by atoms with Gasteiger partial charge >= 0.3 is 0 Å². The third kappa shape index (κ3) is 4.57. The number of aliphatic hydroxyl groups excluding tert-OH is 1. The van der Waals surface area contributed by atoms with Crippen LogP contribution < -0.4 is 0 Å². The summed E-state index contributed by atoms with van der Waals surface area (Å²) in [4.78, 5) is 1.15. The minimum absolute atomic E-state index is 0.336. The molecule has 0 amide bonds. The largest absolute Gasteiger partial charge is 0.393 e. The maximum atomic E-state index is 9.54. The summed E-state index contributed by atoms with van der Waals surface area (Å²) in [7, 11) is 0. The Morgan fingerprint density at radius 2 is 1.89 bits per heavy atom. The first-order valence-corrected chi connectivity index (χ1v) is 7.64. The first kappa shape index (κ1) is 14.4. The number of thioether (sulfide) groups is 1. The van der Waals surface area contributed by atoms with Crippen LogP contribution in [0.3, 0.4) is 0 Å². The van der Waals surface area contributed by atoms with Gasteiger partial charge in [-0.1, -0.05) is 48.0 Å². The van der Waals surface area contributed by atoms with Crippen LogP contribution in [0.4, 0.5) is 0 Å². The van der Waals surface area contributed by atoms with Crippen LogP contribution in [-0.4, -0.2) is 11.2 Å². The molecule has 0 aliphatic heterocycles. The summed E-state index contributed by atoms with van der Waals surface area (Å²) < 4.78 is 0. The van der Waals surface area contributed by atoms with Crippen molar-refractivity contribution in [2.45, 2.75) is 30.1 Å². The van der Waals surface area contributed by atoms with Gasteiger partial charge < -0.3 is 5.11 Å². The van der Waals surface area contributed by atoms with Crippen LogP contribution in [0.5, 0.6) is 0 Å². The van der Waals surface area contributed by atoms with Crippen molar-refractivity contribution in [3.8, 4) is 0 Å². The van der Waals surface area contributed by atoms with Gasteiger partial charge in [-0.2, -0.15) is 0 Å². The third-order valence-corrected chi connectivity index (χ3v) is 4.19. The maximum Gasteiger partial charge on any atom is 0.0552 e. The highest BCUT2D eigenvalue weighted by molar-refractivity contribution is 7.98. The highest BCUT2D eigenvalue weighted by Crippen LogP contribution is 2.29. The molecule has 0 fully saturated rings. The molecule has 0 saturated heterocycles. The van der Waals surface area contributed by atoms with Gasteiger partial charge in [-0.3, -0.25) is 0 Å². The number of hydrogen-bond acceptors (Lipinski definition) is 2. The van der Waals surface area contributed by atoms with Crippen LogP contribution in [0.25, 0.3) is 0 Å². The predicted molar refractivity (Wildman–Crippen MR) is 82.8 cm³/mol. The summed E-state index contributed by atoms with van der Waals surface area (Å²) in [5.41, 5.74) is 2.44. The van der Waals surface area contributed by atoms with Gasteiger partial charge in [0.2, 0.25) is 0 Å². The SMILES string of the molecule is CC(O)Cc1ccc(Cl)cc1SCc1ccccc1. The van der Waals surface area contributed by atoms with Gasteiger partial charge in [0.25, 0.3) is 0 Å². The van der Waals surface area contributed by atoms with Gasteiger partial charge in [0.05, 0.1) is 6.10 Å². The molecule has 100 valence electrons. The van der Waals surface area contributed by atoms with E-state index >= 15 is 0 Å². The highest BCUT2D eigenvalue weighted by atomic mass is 35.5. The van der Waals surface area contributed by atoms with Gasteiger partial charge in [0.15, 0.2) is 0 Å². The molecule has 1 atom stereocenters. The monoisotopic (exact) mass is 292 g/mol. The summed E-state index contributed by atoms with van der Waals surface area (Å²) in [6, 6.07) is 16.2. The first-order valence-electron chi connectivity index (χ1n) is 6.28. The second-order valence-corrected chi connectivity index (χ2v) is 6.03. The minimum Gasteiger partial charge on any atom is -0.393 e. The zero-order chi connectivity index (χ0) is 13.7. The van der Waals surface area contributed by atoms with Crippen molar-refractivity contribution < 1.29 is 5.11 Å². The Morgan fingerprint density at radius 1 is 1.16 bits per heavy atom. The van der Waals surface area contributed by atoms with Gasteiger partial charge in [-0.15, -0.1) is 11.8 Å². The normalized spacial score (nSPS) is 12.4. The Labute approximate surface area is 123 Å². The molecular formula is C16H17ClOS. The molecule has 2 aromatic carbocycles. The molecule has 2 aromatic rings. The lowest BCUT2D eigenvalue weighted by Crippen LogP contribution is -2.05. The molecule has 0 aliphatic carbocycles. The Bertz CT molecular complexity index is 526. The lowest BCUT2D eigenvalue weighted by Gasteiger charge is -2.11. The number of hydrogen-bond donors (Lipinski definition) is 1. The molecule has 3 heteroatoms. The van der Waals surface area contributed by atoms with Crippen LogP contribution in [-0.2, 0) is 12.2 Å². The fourth-order valence-electron chi connectivity index (χ4n) is 1.88. The molecule has 0 radical (unpaired) electrons. The van der Waals surface area contributed by atoms with Crippen LogP contribution in [0, 0.1) is 0 Å². The van der Waals surface area contributed by atoms with Crippen LogP contribution in [0.2, 0.25) is 5.02 Å². The third-order valence-electron chi connectivity index (χ3n) is 2.78. The van der Waals surface area contributed by atoms with E-state index in [-0.39, 0.29) is 6.10 Å². The number of halogens is 1. The fraction of sp³-hybridized carbons (Fsp3) is 0.250. The predicted octanol–water partition coefficient (Wildman–Crippen LogP) is 4.56. The molecule has 0 aromatic heterocycles. The quantitative estimate of drug-likeness (QED) is 0.816. The van der Waals surface area contributed by atoms with Crippen LogP contribution >= 0.6 is 23.4 Å². The van der Waals surface area contributed by atoms with Crippen molar-refractivity contribution in [1.82, 2.24) is 0 Å². The van der Waals surface area contributed by atoms with Crippen molar-refractivity contribution in [2.75, 3.05) is 0 Å². The van der Waals surface area contributed by atoms with Crippen molar-refractivity contribution >= 4 is 23.4 Å². The van der Waals surface area contributed by atoms with E-state index < -0.39 is 0 Å². The topological polar surface area (TPSA) is 20.2 Å². The van der Waals surface area contributed by atoms with E-state index in [0.29, 0.717) is 6.42 Å². The maximum absolute atomic E-state index is 9.54. The average molecular weight is 293 g/mol. The zero-order valence-electron chi connectivity index (χ0n) is 10.8. The van der Waals surface area contributed by atoms with Gasteiger partial charge in [-0.25, -0.2) is 0 Å². The Hall–Kier alpha value is -0.960. The molecule has 1 unspecified atom stereocenters. The van der Waals surface area contributed by atoms with E-state index in [9.17, 15) is 5.11 Å². The Balaban J connectivity index is 2.12. The highest BCUT2D eigenvalue weighted by Gasteiger charge is 2.07. The molecular weight excluding hydrogens is 276 g/mol. The second kappa shape index (κ2) is 6.99. The molecule has 0 spiro atoms. The summed E-state index contributed by atoms with van der Waals surface area (Å²) in [6.07, 6.45) is 0.325. The van der Waals surface area contributed by atoms with E-state index in [0.717, 1.165) is 21.2 Å². The molecule has 2 rings (SSSR count). The fourth-order valence-corrected chi connectivity index (χ4v) is 3.18. The molecule has 0 saturated carbocycles. The number of aliphatic hydroxyl groups is 1. The Kier molecular flexibility index (Phi) is 5.32. The van der Waals surface area contributed by atoms with Gasteiger partial charge in [0.1, 0.15) is 0 Å². The van der Waals surface area contributed by atoms with Crippen LogP contribution in [0.15, 0.2) is 53.4 Å². The Morgan fingerprint density at radius 3 is 2.58 bits per heavy atom. The van der Waals surface area contributed by atoms with E-state index in [2.05, 4.69) is 12.1 Å². The van der Waals surface area contributed by atoms with Crippen molar-refractivity contribution in [3.05, 3.63) is 64.7 Å². The summed E-state index contributed by atoms with van der Waals surface area (Å²) in [5, 5.41) is 10.3. The molecule has 1 N–H and O–H groups in total. The molecule has 0 heterocycles. The smallest absolute Gasteiger partial charge is 0.0552 e. The van der Waals surface area contributed by atoms with Crippen molar-refractivity contribution in [3.63, 3.8) is 0 Å². The summed E-state index contributed by atoms with van der Waals surface area (Å²) >= 11 is 7.82.